The Balaban J connectivity index is 2.01. The van der Waals surface area contributed by atoms with Gasteiger partial charge in [-0.3, -0.25) is 9.59 Å². The molecule has 0 aliphatic heterocycles. The summed E-state index contributed by atoms with van der Waals surface area (Å²) in [4.78, 5) is 23.4. The van der Waals surface area contributed by atoms with Crippen molar-refractivity contribution in [1.29, 1.82) is 0 Å². The molecular formula is C14H15N3O4. The van der Waals surface area contributed by atoms with Crippen molar-refractivity contribution >= 4 is 11.8 Å². The molecular weight excluding hydrogens is 274 g/mol. The van der Waals surface area contributed by atoms with Crippen LogP contribution in [0.15, 0.2) is 47.3 Å². The molecule has 1 atom stereocenters. The number of amides is 2. The van der Waals surface area contributed by atoms with Gasteiger partial charge in [0.15, 0.2) is 18.4 Å². The summed E-state index contributed by atoms with van der Waals surface area (Å²) in [7, 11) is 0. The Hall–Kier alpha value is -2.83. The van der Waals surface area contributed by atoms with E-state index < -0.39 is 6.04 Å². The molecule has 2 N–H and O–H groups in total. The second-order valence-corrected chi connectivity index (χ2v) is 4.43. The molecule has 1 unspecified atom stereocenters. The van der Waals surface area contributed by atoms with Crippen LogP contribution in [0.25, 0.3) is 0 Å². The first kappa shape index (κ1) is 14.6. The van der Waals surface area contributed by atoms with E-state index in [0.717, 1.165) is 5.56 Å². The van der Waals surface area contributed by atoms with E-state index in [2.05, 4.69) is 10.6 Å². The maximum atomic E-state index is 12.2. The topological polar surface area (TPSA) is 98.3 Å². The molecule has 2 rings (SSSR count). The number of aromatic nitrogens is 1. The standard InChI is InChI=1S/C14H15N3O4/c1-10(18)16-13(12-3-2-8-21-12)14(19)15-9-11-4-6-17(20)7-5-11/h2-8,13H,9H2,1H3,(H,15,19)(H,16,18). The van der Waals surface area contributed by atoms with Crippen LogP contribution in [0, 0.1) is 5.21 Å². The number of rotatable bonds is 5. The Bertz CT molecular complexity index is 608. The molecule has 2 amide bonds. The fraction of sp³-hybridized carbons (Fsp3) is 0.214. The second kappa shape index (κ2) is 6.56. The van der Waals surface area contributed by atoms with Crippen LogP contribution in [-0.2, 0) is 16.1 Å². The van der Waals surface area contributed by atoms with Gasteiger partial charge in [0, 0.05) is 25.6 Å². The first-order chi connectivity index (χ1) is 10.1. The van der Waals surface area contributed by atoms with Crippen LogP contribution in [0.5, 0.6) is 0 Å². The molecule has 2 aromatic rings. The Morgan fingerprint density at radius 1 is 1.33 bits per heavy atom. The third-order valence-electron chi connectivity index (χ3n) is 2.78. The van der Waals surface area contributed by atoms with Gasteiger partial charge in [0.1, 0.15) is 5.76 Å². The lowest BCUT2D eigenvalue weighted by Crippen LogP contribution is -2.39. The molecule has 0 aliphatic rings. The van der Waals surface area contributed by atoms with Gasteiger partial charge in [-0.05, 0) is 17.7 Å². The molecule has 0 aliphatic carbocycles. The second-order valence-electron chi connectivity index (χ2n) is 4.43. The maximum absolute atomic E-state index is 12.2. The Labute approximate surface area is 121 Å². The van der Waals surface area contributed by atoms with E-state index in [-0.39, 0.29) is 18.4 Å². The average Bonchev–Trinajstić information content (AvgIpc) is 2.97. The van der Waals surface area contributed by atoms with Gasteiger partial charge in [0.05, 0.1) is 6.26 Å². The highest BCUT2D eigenvalue weighted by Crippen LogP contribution is 2.13. The number of nitrogens with zero attached hydrogens (tertiary/aromatic N) is 1. The van der Waals surface area contributed by atoms with Gasteiger partial charge in [-0.25, -0.2) is 0 Å². The number of hydrogen-bond acceptors (Lipinski definition) is 4. The smallest absolute Gasteiger partial charge is 0.250 e. The number of hydrogen-bond donors (Lipinski definition) is 2. The van der Waals surface area contributed by atoms with E-state index in [1.54, 1.807) is 24.3 Å². The Kier molecular flexibility index (Phi) is 4.55. The molecule has 2 heterocycles. The maximum Gasteiger partial charge on any atom is 0.250 e. The summed E-state index contributed by atoms with van der Waals surface area (Å²) in [6.45, 7) is 1.57. The van der Waals surface area contributed by atoms with Crippen LogP contribution >= 0.6 is 0 Å². The number of carbonyl (C=O) groups is 2. The Morgan fingerprint density at radius 2 is 2.05 bits per heavy atom. The van der Waals surface area contributed by atoms with Crippen LogP contribution in [0.1, 0.15) is 24.3 Å². The van der Waals surface area contributed by atoms with E-state index in [1.807, 2.05) is 0 Å². The lowest BCUT2D eigenvalue weighted by Gasteiger charge is -2.15. The predicted molar refractivity (Wildman–Crippen MR) is 72.5 cm³/mol. The van der Waals surface area contributed by atoms with Crippen molar-refractivity contribution in [3.05, 3.63) is 59.5 Å². The zero-order valence-corrected chi connectivity index (χ0v) is 11.4. The van der Waals surface area contributed by atoms with Crippen molar-refractivity contribution in [2.75, 3.05) is 0 Å². The van der Waals surface area contributed by atoms with E-state index >= 15 is 0 Å². The molecule has 0 spiro atoms. The largest absolute Gasteiger partial charge is 0.619 e. The number of furan rings is 1. The molecule has 0 fully saturated rings. The van der Waals surface area contributed by atoms with Crippen LogP contribution in [0.2, 0.25) is 0 Å². The van der Waals surface area contributed by atoms with Crippen molar-refractivity contribution in [1.82, 2.24) is 10.6 Å². The van der Waals surface area contributed by atoms with Crippen molar-refractivity contribution in [3.63, 3.8) is 0 Å². The van der Waals surface area contributed by atoms with Crippen molar-refractivity contribution in [2.24, 2.45) is 0 Å². The lowest BCUT2D eigenvalue weighted by atomic mass is 10.2. The summed E-state index contributed by atoms with van der Waals surface area (Å²) in [5.74, 6) is -0.370. The highest BCUT2D eigenvalue weighted by atomic mass is 16.5. The van der Waals surface area contributed by atoms with E-state index in [0.29, 0.717) is 10.5 Å². The van der Waals surface area contributed by atoms with Crippen molar-refractivity contribution in [3.8, 4) is 0 Å². The monoisotopic (exact) mass is 289 g/mol. The average molecular weight is 289 g/mol. The number of pyridine rings is 1. The van der Waals surface area contributed by atoms with Crippen molar-refractivity contribution < 1.29 is 18.7 Å². The van der Waals surface area contributed by atoms with Gasteiger partial charge in [-0.1, -0.05) is 0 Å². The highest BCUT2D eigenvalue weighted by Gasteiger charge is 2.23. The summed E-state index contributed by atoms with van der Waals surface area (Å²) >= 11 is 0. The Morgan fingerprint density at radius 3 is 2.62 bits per heavy atom. The van der Waals surface area contributed by atoms with E-state index in [4.69, 9.17) is 4.42 Å². The summed E-state index contributed by atoms with van der Waals surface area (Å²) in [5, 5.41) is 16.1. The molecule has 0 aromatic carbocycles. The molecule has 21 heavy (non-hydrogen) atoms. The molecule has 7 nitrogen and oxygen atoms in total. The minimum absolute atomic E-state index is 0.246. The number of nitrogens with one attached hydrogen (secondary N) is 2. The third kappa shape index (κ3) is 4.07. The summed E-state index contributed by atoms with van der Waals surface area (Å²) < 4.78 is 5.83. The predicted octanol–water partition coefficient (Wildman–Crippen LogP) is 0.407. The minimum atomic E-state index is -0.884. The first-order valence-corrected chi connectivity index (χ1v) is 6.32. The molecule has 7 heteroatoms. The number of carbonyl (C=O) groups excluding carboxylic acids is 2. The van der Waals surface area contributed by atoms with Gasteiger partial charge in [0.2, 0.25) is 5.91 Å². The molecule has 0 bridgehead atoms. The molecule has 2 aromatic heterocycles. The summed E-state index contributed by atoms with van der Waals surface area (Å²) in [5.41, 5.74) is 0.775. The summed E-state index contributed by atoms with van der Waals surface area (Å²) in [6, 6.07) is 5.58. The molecule has 0 radical (unpaired) electrons. The van der Waals surface area contributed by atoms with Crippen LogP contribution in [0.3, 0.4) is 0 Å². The van der Waals surface area contributed by atoms with E-state index in [9.17, 15) is 14.8 Å². The SMILES string of the molecule is CC(=O)NC(C(=O)NCc1cc[n+]([O-])cc1)c1ccco1. The van der Waals surface area contributed by atoms with Gasteiger partial charge in [-0.2, -0.15) is 4.73 Å². The third-order valence-corrected chi connectivity index (χ3v) is 2.78. The lowest BCUT2D eigenvalue weighted by molar-refractivity contribution is -0.605. The zero-order chi connectivity index (χ0) is 15.2. The molecule has 0 saturated heterocycles. The van der Waals surface area contributed by atoms with Crippen LogP contribution in [-0.4, -0.2) is 11.8 Å². The van der Waals surface area contributed by atoms with Gasteiger partial charge in [0.25, 0.3) is 5.91 Å². The fourth-order valence-electron chi connectivity index (χ4n) is 1.78. The van der Waals surface area contributed by atoms with Gasteiger partial charge >= 0.3 is 0 Å². The van der Waals surface area contributed by atoms with Crippen LogP contribution < -0.4 is 15.4 Å². The van der Waals surface area contributed by atoms with E-state index in [1.165, 1.54) is 25.6 Å². The van der Waals surface area contributed by atoms with Gasteiger partial charge < -0.3 is 20.3 Å². The normalized spacial score (nSPS) is 11.7. The molecule has 110 valence electrons. The minimum Gasteiger partial charge on any atom is -0.619 e. The zero-order valence-electron chi connectivity index (χ0n) is 11.4. The summed E-state index contributed by atoms with van der Waals surface area (Å²) in [6.07, 6.45) is 4.13. The van der Waals surface area contributed by atoms with Crippen LogP contribution in [0.4, 0.5) is 0 Å². The highest BCUT2D eigenvalue weighted by molar-refractivity contribution is 5.87. The quantitative estimate of drug-likeness (QED) is 0.615. The van der Waals surface area contributed by atoms with Gasteiger partial charge in [-0.15, -0.1) is 0 Å². The van der Waals surface area contributed by atoms with Crippen molar-refractivity contribution in [2.45, 2.75) is 19.5 Å². The fourth-order valence-corrected chi connectivity index (χ4v) is 1.78. The first-order valence-electron chi connectivity index (χ1n) is 6.32. The molecule has 0 saturated carbocycles.